The highest BCUT2D eigenvalue weighted by Gasteiger charge is 2.24. The van der Waals surface area contributed by atoms with Gasteiger partial charge in [0.1, 0.15) is 5.75 Å². The van der Waals surface area contributed by atoms with Crippen LogP contribution in [0.25, 0.3) is 0 Å². The van der Waals surface area contributed by atoms with Gasteiger partial charge in [0.2, 0.25) is 0 Å². The van der Waals surface area contributed by atoms with Crippen LogP contribution < -0.4 is 4.74 Å². The molecule has 0 aliphatic rings. The largest absolute Gasteiger partial charge is 0.494 e. The zero-order valence-electron chi connectivity index (χ0n) is 13.0. The van der Waals surface area contributed by atoms with Crippen LogP contribution in [0.2, 0.25) is 0 Å². The number of nitrogens with zero attached hydrogens (tertiary/aromatic N) is 1. The maximum atomic E-state index is 9.48. The summed E-state index contributed by atoms with van der Waals surface area (Å²) in [6, 6.07) is 4.40. The monoisotopic (exact) mass is 265 g/mol. The average molecular weight is 265 g/mol. The third-order valence-corrected chi connectivity index (χ3v) is 3.56. The molecule has 1 N–H and O–H groups in total. The SMILES string of the molecule is CCOc1cc(C)c(C(C(C)CO)N(C)C)c(C)c1. The Morgan fingerprint density at radius 2 is 1.74 bits per heavy atom. The number of rotatable bonds is 6. The lowest BCUT2D eigenvalue weighted by Crippen LogP contribution is -2.29. The summed E-state index contributed by atoms with van der Waals surface area (Å²) in [6.07, 6.45) is 0. The molecule has 0 heterocycles. The number of ether oxygens (including phenoxy) is 1. The molecular formula is C16H27NO2. The minimum Gasteiger partial charge on any atom is -0.494 e. The second-order valence-corrected chi connectivity index (χ2v) is 5.47. The van der Waals surface area contributed by atoms with Crippen molar-refractivity contribution in [2.45, 2.75) is 33.7 Å². The number of aliphatic hydroxyl groups is 1. The highest BCUT2D eigenvalue weighted by Crippen LogP contribution is 2.34. The van der Waals surface area contributed by atoms with E-state index in [9.17, 15) is 5.11 Å². The van der Waals surface area contributed by atoms with Crippen LogP contribution in [0.1, 0.15) is 36.6 Å². The molecule has 3 nitrogen and oxygen atoms in total. The van der Waals surface area contributed by atoms with Crippen LogP contribution in [0.15, 0.2) is 12.1 Å². The van der Waals surface area contributed by atoms with Crippen LogP contribution in [-0.4, -0.2) is 37.3 Å². The fraction of sp³-hybridized carbons (Fsp3) is 0.625. The molecule has 2 atom stereocenters. The predicted molar refractivity (Wildman–Crippen MR) is 79.8 cm³/mol. The van der Waals surface area contributed by atoms with Gasteiger partial charge in [-0.05, 0) is 69.6 Å². The Morgan fingerprint density at radius 1 is 1.21 bits per heavy atom. The van der Waals surface area contributed by atoms with Gasteiger partial charge in [0.25, 0.3) is 0 Å². The van der Waals surface area contributed by atoms with Crippen LogP contribution in [0, 0.1) is 19.8 Å². The summed E-state index contributed by atoms with van der Waals surface area (Å²) >= 11 is 0. The molecule has 0 spiro atoms. The molecule has 0 radical (unpaired) electrons. The highest BCUT2D eigenvalue weighted by molar-refractivity contribution is 5.43. The van der Waals surface area contributed by atoms with Gasteiger partial charge in [-0.25, -0.2) is 0 Å². The zero-order chi connectivity index (χ0) is 14.6. The molecule has 0 bridgehead atoms. The van der Waals surface area contributed by atoms with E-state index in [0.29, 0.717) is 6.61 Å². The molecule has 19 heavy (non-hydrogen) atoms. The molecule has 0 amide bonds. The summed E-state index contributed by atoms with van der Waals surface area (Å²) in [5, 5.41) is 9.48. The van der Waals surface area contributed by atoms with Crippen molar-refractivity contribution in [2.75, 3.05) is 27.3 Å². The first kappa shape index (κ1) is 16.0. The summed E-state index contributed by atoms with van der Waals surface area (Å²) in [7, 11) is 4.12. The minimum absolute atomic E-state index is 0.189. The molecule has 0 fully saturated rings. The minimum atomic E-state index is 0.189. The zero-order valence-corrected chi connectivity index (χ0v) is 13.0. The summed E-state index contributed by atoms with van der Waals surface area (Å²) in [6.45, 7) is 9.18. The molecular weight excluding hydrogens is 238 g/mol. The normalized spacial score (nSPS) is 14.5. The lowest BCUT2D eigenvalue weighted by Gasteiger charge is -2.32. The standard InChI is InChI=1S/C16H27NO2/c1-7-19-14-8-11(2)15(12(3)9-14)16(17(5)6)13(4)10-18/h8-9,13,16,18H,7,10H2,1-6H3. The quantitative estimate of drug-likeness (QED) is 0.858. The Balaban J connectivity index is 3.24. The number of aliphatic hydroxyl groups excluding tert-OH is 1. The third kappa shape index (κ3) is 3.71. The van der Waals surface area contributed by atoms with E-state index in [-0.39, 0.29) is 18.6 Å². The van der Waals surface area contributed by atoms with E-state index in [4.69, 9.17) is 4.74 Å². The first-order chi connectivity index (χ1) is 8.92. The van der Waals surface area contributed by atoms with E-state index in [1.54, 1.807) is 0 Å². The molecule has 1 rings (SSSR count). The van der Waals surface area contributed by atoms with Gasteiger partial charge in [-0.2, -0.15) is 0 Å². The van der Waals surface area contributed by atoms with E-state index in [1.165, 1.54) is 16.7 Å². The van der Waals surface area contributed by atoms with Crippen LogP contribution in [0.3, 0.4) is 0 Å². The van der Waals surface area contributed by atoms with Crippen molar-refractivity contribution in [2.24, 2.45) is 5.92 Å². The molecule has 0 saturated carbocycles. The second-order valence-electron chi connectivity index (χ2n) is 5.47. The van der Waals surface area contributed by atoms with Crippen LogP contribution in [0.5, 0.6) is 5.75 Å². The molecule has 2 unspecified atom stereocenters. The smallest absolute Gasteiger partial charge is 0.119 e. The molecule has 0 aliphatic heterocycles. The molecule has 108 valence electrons. The molecule has 0 saturated heterocycles. The molecule has 1 aromatic rings. The van der Waals surface area contributed by atoms with E-state index >= 15 is 0 Å². The molecule has 0 aromatic heterocycles. The highest BCUT2D eigenvalue weighted by atomic mass is 16.5. The van der Waals surface area contributed by atoms with Gasteiger partial charge in [-0.15, -0.1) is 0 Å². The van der Waals surface area contributed by atoms with Gasteiger partial charge in [-0.1, -0.05) is 6.92 Å². The summed E-state index contributed by atoms with van der Waals surface area (Å²) in [4.78, 5) is 2.18. The lowest BCUT2D eigenvalue weighted by atomic mass is 9.88. The maximum absolute atomic E-state index is 9.48. The van der Waals surface area contributed by atoms with Crippen molar-refractivity contribution < 1.29 is 9.84 Å². The molecule has 3 heteroatoms. The predicted octanol–water partition coefficient (Wildman–Crippen LogP) is 2.93. The van der Waals surface area contributed by atoms with Crippen molar-refractivity contribution in [3.8, 4) is 5.75 Å². The Bertz CT molecular complexity index is 392. The first-order valence-electron chi connectivity index (χ1n) is 6.93. The van der Waals surface area contributed by atoms with Crippen LogP contribution >= 0.6 is 0 Å². The number of aryl methyl sites for hydroxylation is 2. The van der Waals surface area contributed by atoms with E-state index in [1.807, 2.05) is 6.92 Å². The Kier molecular flexibility index (Phi) is 5.83. The molecule has 0 aliphatic carbocycles. The van der Waals surface area contributed by atoms with Gasteiger partial charge in [0.15, 0.2) is 0 Å². The third-order valence-electron chi connectivity index (χ3n) is 3.56. The summed E-state index contributed by atoms with van der Waals surface area (Å²) < 4.78 is 5.59. The fourth-order valence-corrected chi connectivity index (χ4v) is 2.80. The van der Waals surface area contributed by atoms with Crippen molar-refractivity contribution in [1.82, 2.24) is 4.90 Å². The van der Waals surface area contributed by atoms with Gasteiger partial charge < -0.3 is 14.7 Å². The Labute approximate surface area is 117 Å². The average Bonchev–Trinajstić information content (AvgIpc) is 2.32. The Hall–Kier alpha value is -1.06. The van der Waals surface area contributed by atoms with Crippen molar-refractivity contribution in [1.29, 1.82) is 0 Å². The van der Waals surface area contributed by atoms with Crippen molar-refractivity contribution in [3.63, 3.8) is 0 Å². The summed E-state index contributed by atoms with van der Waals surface area (Å²) in [5.41, 5.74) is 3.75. The number of hydrogen-bond acceptors (Lipinski definition) is 3. The van der Waals surface area contributed by atoms with Gasteiger partial charge >= 0.3 is 0 Å². The number of hydrogen-bond donors (Lipinski definition) is 1. The fourth-order valence-electron chi connectivity index (χ4n) is 2.80. The second kappa shape index (κ2) is 6.92. The van der Waals surface area contributed by atoms with E-state index in [2.05, 4.69) is 51.9 Å². The van der Waals surface area contributed by atoms with Crippen LogP contribution in [-0.2, 0) is 0 Å². The van der Waals surface area contributed by atoms with Gasteiger partial charge in [0.05, 0.1) is 6.61 Å². The lowest BCUT2D eigenvalue weighted by molar-refractivity contribution is 0.145. The van der Waals surface area contributed by atoms with E-state index < -0.39 is 0 Å². The maximum Gasteiger partial charge on any atom is 0.119 e. The number of benzene rings is 1. The van der Waals surface area contributed by atoms with Crippen LogP contribution in [0.4, 0.5) is 0 Å². The van der Waals surface area contributed by atoms with E-state index in [0.717, 1.165) is 5.75 Å². The Morgan fingerprint density at radius 3 is 2.11 bits per heavy atom. The summed E-state index contributed by atoms with van der Waals surface area (Å²) in [5.74, 6) is 1.13. The van der Waals surface area contributed by atoms with Crippen molar-refractivity contribution in [3.05, 3.63) is 28.8 Å². The van der Waals surface area contributed by atoms with Crippen molar-refractivity contribution >= 4 is 0 Å². The van der Waals surface area contributed by atoms with Gasteiger partial charge in [0, 0.05) is 12.6 Å². The molecule has 1 aromatic carbocycles. The van der Waals surface area contributed by atoms with Gasteiger partial charge in [-0.3, -0.25) is 0 Å². The first-order valence-corrected chi connectivity index (χ1v) is 6.93. The topological polar surface area (TPSA) is 32.7 Å².